The molecule has 0 saturated heterocycles. The van der Waals surface area contributed by atoms with E-state index in [0.717, 1.165) is 11.6 Å². The van der Waals surface area contributed by atoms with Crippen LogP contribution in [0.1, 0.15) is 40.0 Å². The molecule has 1 unspecified atom stereocenters. The van der Waals surface area contributed by atoms with Gasteiger partial charge in [0.05, 0.1) is 0 Å². The number of nitrogens with one attached hydrogen (secondary N) is 1. The molecule has 0 spiro atoms. The summed E-state index contributed by atoms with van der Waals surface area (Å²) < 4.78 is 0. The molecule has 0 fully saturated rings. The summed E-state index contributed by atoms with van der Waals surface area (Å²) in [6.07, 6.45) is 5.48. The number of aromatic nitrogens is 1. The van der Waals surface area contributed by atoms with E-state index < -0.39 is 0 Å². The van der Waals surface area contributed by atoms with Crippen LogP contribution in [-0.4, -0.2) is 11.0 Å². The highest BCUT2D eigenvalue weighted by Crippen LogP contribution is 2.15. The molecular formula is C13H21ClN2. The van der Waals surface area contributed by atoms with Gasteiger partial charge in [0.2, 0.25) is 0 Å². The van der Waals surface area contributed by atoms with Crippen molar-refractivity contribution in [3.8, 4) is 0 Å². The van der Waals surface area contributed by atoms with Gasteiger partial charge in [-0.25, -0.2) is 4.98 Å². The van der Waals surface area contributed by atoms with E-state index in [2.05, 4.69) is 31.1 Å². The predicted octanol–water partition coefficient (Wildman–Crippen LogP) is 4.36. The molecule has 1 heterocycles. The number of halogens is 1. The van der Waals surface area contributed by atoms with Crippen molar-refractivity contribution in [2.24, 2.45) is 5.92 Å². The zero-order valence-corrected chi connectivity index (χ0v) is 11.1. The number of anilines is 1. The number of nitrogens with zero attached hydrogens (tertiary/aromatic N) is 1. The number of hydrogen-bond acceptors (Lipinski definition) is 2. The Morgan fingerprint density at radius 2 is 2.06 bits per heavy atom. The van der Waals surface area contributed by atoms with Crippen LogP contribution in [0, 0.1) is 5.92 Å². The molecule has 0 saturated carbocycles. The Balaban J connectivity index is 2.31. The maximum Gasteiger partial charge on any atom is 0.131 e. The van der Waals surface area contributed by atoms with Gasteiger partial charge >= 0.3 is 0 Å². The topological polar surface area (TPSA) is 24.9 Å². The fourth-order valence-corrected chi connectivity index (χ4v) is 1.86. The molecule has 3 heteroatoms. The fourth-order valence-electron chi connectivity index (χ4n) is 1.68. The third kappa shape index (κ3) is 5.36. The van der Waals surface area contributed by atoms with Gasteiger partial charge in [0.1, 0.15) is 5.15 Å². The van der Waals surface area contributed by atoms with Crippen molar-refractivity contribution in [2.75, 3.05) is 5.32 Å². The zero-order chi connectivity index (χ0) is 12.0. The third-order valence-corrected chi connectivity index (χ3v) is 2.76. The second kappa shape index (κ2) is 6.74. The van der Waals surface area contributed by atoms with E-state index in [1.54, 1.807) is 6.20 Å². The van der Waals surface area contributed by atoms with Crippen LogP contribution in [0.2, 0.25) is 5.15 Å². The largest absolute Gasteiger partial charge is 0.382 e. The van der Waals surface area contributed by atoms with Gasteiger partial charge < -0.3 is 5.32 Å². The van der Waals surface area contributed by atoms with Crippen LogP contribution < -0.4 is 5.32 Å². The lowest BCUT2D eigenvalue weighted by Gasteiger charge is -2.15. The maximum absolute atomic E-state index is 5.82. The summed E-state index contributed by atoms with van der Waals surface area (Å²) in [5.74, 6) is 0.794. The minimum absolute atomic E-state index is 0.484. The Kier molecular flexibility index (Phi) is 5.61. The van der Waals surface area contributed by atoms with Gasteiger partial charge in [-0.3, -0.25) is 0 Å². The molecule has 0 bridgehead atoms. The first-order valence-electron chi connectivity index (χ1n) is 5.96. The summed E-state index contributed by atoms with van der Waals surface area (Å²) in [6.45, 7) is 6.73. The minimum atomic E-state index is 0.484. The first-order chi connectivity index (χ1) is 7.58. The Hall–Kier alpha value is -0.760. The smallest absolute Gasteiger partial charge is 0.131 e. The van der Waals surface area contributed by atoms with Gasteiger partial charge in [0, 0.05) is 17.9 Å². The van der Waals surface area contributed by atoms with E-state index in [0.29, 0.717) is 11.2 Å². The second-order valence-electron chi connectivity index (χ2n) is 4.74. The zero-order valence-electron chi connectivity index (χ0n) is 10.3. The van der Waals surface area contributed by atoms with Gasteiger partial charge in [0.15, 0.2) is 0 Å². The molecular weight excluding hydrogens is 220 g/mol. The molecule has 0 aliphatic heterocycles. The highest BCUT2D eigenvalue weighted by Gasteiger charge is 2.03. The van der Waals surface area contributed by atoms with Crippen molar-refractivity contribution >= 4 is 17.3 Å². The van der Waals surface area contributed by atoms with Crippen molar-refractivity contribution in [1.82, 2.24) is 4.98 Å². The Morgan fingerprint density at radius 3 is 2.69 bits per heavy atom. The van der Waals surface area contributed by atoms with Crippen LogP contribution in [0.5, 0.6) is 0 Å². The highest BCUT2D eigenvalue weighted by atomic mass is 35.5. The Morgan fingerprint density at radius 1 is 1.31 bits per heavy atom. The number of pyridine rings is 1. The molecule has 0 aliphatic rings. The first kappa shape index (κ1) is 13.3. The van der Waals surface area contributed by atoms with Gasteiger partial charge in [-0.2, -0.15) is 0 Å². The molecule has 0 aliphatic carbocycles. The summed E-state index contributed by atoms with van der Waals surface area (Å²) in [6, 6.07) is 4.29. The van der Waals surface area contributed by atoms with Crippen molar-refractivity contribution in [1.29, 1.82) is 0 Å². The first-order valence-corrected chi connectivity index (χ1v) is 6.34. The minimum Gasteiger partial charge on any atom is -0.382 e. The molecule has 0 aromatic carbocycles. The van der Waals surface area contributed by atoms with Crippen LogP contribution in [-0.2, 0) is 0 Å². The number of hydrogen-bond donors (Lipinski definition) is 1. The predicted molar refractivity (Wildman–Crippen MR) is 71.0 cm³/mol. The summed E-state index contributed by atoms with van der Waals surface area (Å²) in [7, 11) is 0. The Labute approximate surface area is 103 Å². The van der Waals surface area contributed by atoms with E-state index >= 15 is 0 Å². The van der Waals surface area contributed by atoms with E-state index in [1.165, 1.54) is 19.3 Å². The molecule has 1 rings (SSSR count). The molecule has 16 heavy (non-hydrogen) atoms. The van der Waals surface area contributed by atoms with Crippen molar-refractivity contribution in [3.63, 3.8) is 0 Å². The third-order valence-electron chi connectivity index (χ3n) is 2.56. The van der Waals surface area contributed by atoms with Gasteiger partial charge in [-0.05, 0) is 31.4 Å². The lowest BCUT2D eigenvalue weighted by Crippen LogP contribution is -2.15. The lowest BCUT2D eigenvalue weighted by atomic mass is 10.0. The normalized spacial score (nSPS) is 12.8. The average Bonchev–Trinajstić information content (AvgIpc) is 2.16. The summed E-state index contributed by atoms with van der Waals surface area (Å²) in [4.78, 5) is 3.96. The summed E-state index contributed by atoms with van der Waals surface area (Å²) in [5.41, 5.74) is 1.05. The van der Waals surface area contributed by atoms with Gasteiger partial charge in [-0.15, -0.1) is 0 Å². The molecule has 1 N–H and O–H groups in total. The van der Waals surface area contributed by atoms with Crippen LogP contribution in [0.25, 0.3) is 0 Å². The summed E-state index contributed by atoms with van der Waals surface area (Å²) in [5, 5.41) is 3.97. The molecule has 0 amide bonds. The summed E-state index contributed by atoms with van der Waals surface area (Å²) >= 11 is 5.82. The maximum atomic E-state index is 5.82. The highest BCUT2D eigenvalue weighted by molar-refractivity contribution is 6.29. The molecule has 2 nitrogen and oxygen atoms in total. The molecule has 0 radical (unpaired) electrons. The van der Waals surface area contributed by atoms with Crippen LogP contribution >= 0.6 is 11.6 Å². The molecule has 90 valence electrons. The van der Waals surface area contributed by atoms with Crippen molar-refractivity contribution in [2.45, 2.75) is 46.1 Å². The van der Waals surface area contributed by atoms with Crippen LogP contribution in [0.3, 0.4) is 0 Å². The molecule has 1 aromatic rings. The second-order valence-corrected chi connectivity index (χ2v) is 5.12. The SMILES string of the molecule is CC(C)CCCC(C)Nc1ccnc(Cl)c1. The Bertz CT molecular complexity index is 313. The monoisotopic (exact) mass is 240 g/mol. The quantitative estimate of drug-likeness (QED) is 0.748. The molecule has 1 atom stereocenters. The van der Waals surface area contributed by atoms with E-state index in [1.807, 2.05) is 12.1 Å². The van der Waals surface area contributed by atoms with E-state index in [9.17, 15) is 0 Å². The van der Waals surface area contributed by atoms with E-state index in [-0.39, 0.29) is 0 Å². The fraction of sp³-hybridized carbons (Fsp3) is 0.615. The number of rotatable bonds is 6. The van der Waals surface area contributed by atoms with E-state index in [4.69, 9.17) is 11.6 Å². The van der Waals surface area contributed by atoms with Crippen molar-refractivity contribution in [3.05, 3.63) is 23.5 Å². The standard InChI is InChI=1S/C13H21ClN2/c1-10(2)5-4-6-11(3)16-12-7-8-15-13(14)9-12/h7-11H,4-6H2,1-3H3,(H,15,16). The average molecular weight is 241 g/mol. The van der Waals surface area contributed by atoms with Crippen LogP contribution in [0.4, 0.5) is 5.69 Å². The van der Waals surface area contributed by atoms with Gasteiger partial charge in [-0.1, -0.05) is 38.3 Å². The van der Waals surface area contributed by atoms with Crippen molar-refractivity contribution < 1.29 is 0 Å². The lowest BCUT2D eigenvalue weighted by molar-refractivity contribution is 0.520. The van der Waals surface area contributed by atoms with Gasteiger partial charge in [0.25, 0.3) is 0 Å². The van der Waals surface area contributed by atoms with Crippen LogP contribution in [0.15, 0.2) is 18.3 Å². The molecule has 1 aromatic heterocycles.